The van der Waals surface area contributed by atoms with Gasteiger partial charge in [-0.3, -0.25) is 4.72 Å². The number of nitrogens with one attached hydrogen (secondary N) is 1. The summed E-state index contributed by atoms with van der Waals surface area (Å²) < 4.78 is 28.1. The number of rotatable bonds is 3. The zero-order valence-electron chi connectivity index (χ0n) is 9.90. The fraction of sp³-hybridized carbons (Fsp3) is 0. The van der Waals surface area contributed by atoms with E-state index in [4.69, 9.17) is 17.3 Å². The van der Waals surface area contributed by atoms with Crippen molar-refractivity contribution in [2.24, 2.45) is 0 Å². The molecule has 0 amide bonds. The Labute approximate surface area is 138 Å². The molecule has 20 heavy (non-hydrogen) atoms. The minimum Gasteiger partial charge on any atom is -0.398 e. The highest BCUT2D eigenvalue weighted by molar-refractivity contribution is 9.11. The quantitative estimate of drug-likeness (QED) is 0.701. The molecular weight excluding hydrogens is 431 g/mol. The number of nitrogens with two attached hydrogens (primary N) is 1. The molecule has 0 saturated heterocycles. The summed E-state index contributed by atoms with van der Waals surface area (Å²) in [5.74, 6) is 0. The average molecular weight is 441 g/mol. The van der Waals surface area contributed by atoms with E-state index in [1.54, 1.807) is 24.3 Å². The summed E-state index contributed by atoms with van der Waals surface area (Å²) in [6, 6.07) is 9.33. The van der Waals surface area contributed by atoms with E-state index in [2.05, 4.69) is 36.6 Å². The van der Waals surface area contributed by atoms with Crippen molar-refractivity contribution < 1.29 is 8.42 Å². The third kappa shape index (κ3) is 3.28. The van der Waals surface area contributed by atoms with Crippen LogP contribution in [0.4, 0.5) is 11.4 Å². The highest BCUT2D eigenvalue weighted by Gasteiger charge is 2.17. The summed E-state index contributed by atoms with van der Waals surface area (Å²) in [5, 5.41) is 0.417. The number of benzene rings is 2. The molecule has 0 radical (unpaired) electrons. The van der Waals surface area contributed by atoms with Gasteiger partial charge in [-0.15, -0.1) is 0 Å². The lowest BCUT2D eigenvalue weighted by Gasteiger charge is -2.11. The lowest BCUT2D eigenvalue weighted by Crippen LogP contribution is -2.13. The van der Waals surface area contributed by atoms with Crippen molar-refractivity contribution in [2.45, 2.75) is 4.90 Å². The molecule has 0 aromatic heterocycles. The largest absolute Gasteiger partial charge is 0.398 e. The van der Waals surface area contributed by atoms with Crippen LogP contribution in [-0.4, -0.2) is 8.42 Å². The van der Waals surface area contributed by atoms with E-state index < -0.39 is 10.0 Å². The smallest absolute Gasteiger partial charge is 0.262 e. The summed E-state index contributed by atoms with van der Waals surface area (Å²) in [6.45, 7) is 0. The summed E-state index contributed by atoms with van der Waals surface area (Å²) >= 11 is 12.4. The lowest BCUT2D eigenvalue weighted by molar-refractivity contribution is 0.601. The zero-order chi connectivity index (χ0) is 14.9. The van der Waals surface area contributed by atoms with E-state index >= 15 is 0 Å². The second-order valence-corrected chi connectivity index (χ2v) is 7.63. The van der Waals surface area contributed by atoms with E-state index in [0.717, 1.165) is 0 Å². The van der Waals surface area contributed by atoms with Crippen LogP contribution in [0.1, 0.15) is 0 Å². The summed E-state index contributed by atoms with van der Waals surface area (Å²) in [4.78, 5) is 0.0741. The van der Waals surface area contributed by atoms with Crippen molar-refractivity contribution in [2.75, 3.05) is 10.5 Å². The Balaban J connectivity index is 2.41. The Bertz CT molecular complexity index is 766. The fourth-order valence-electron chi connectivity index (χ4n) is 1.48. The SMILES string of the molecule is Nc1cc(S(=O)(=O)Nc2cccc(Cl)c2Br)ccc1Br. The Morgan fingerprint density at radius 2 is 1.85 bits per heavy atom. The van der Waals surface area contributed by atoms with Gasteiger partial charge in [0.05, 0.1) is 20.1 Å². The molecule has 0 saturated carbocycles. The molecule has 2 rings (SSSR count). The fourth-order valence-corrected chi connectivity index (χ4v) is 3.50. The molecule has 2 aromatic carbocycles. The van der Waals surface area contributed by atoms with Crippen LogP contribution in [0.3, 0.4) is 0 Å². The van der Waals surface area contributed by atoms with Gasteiger partial charge in [-0.25, -0.2) is 8.42 Å². The van der Waals surface area contributed by atoms with Crippen molar-refractivity contribution in [1.29, 1.82) is 0 Å². The number of hydrogen-bond acceptors (Lipinski definition) is 3. The van der Waals surface area contributed by atoms with Crippen LogP contribution in [0.2, 0.25) is 5.02 Å². The maximum absolute atomic E-state index is 12.3. The summed E-state index contributed by atoms with van der Waals surface area (Å²) in [5.41, 5.74) is 6.40. The Kier molecular flexibility index (Phi) is 4.63. The maximum Gasteiger partial charge on any atom is 0.262 e. The van der Waals surface area contributed by atoms with Gasteiger partial charge in [0.15, 0.2) is 0 Å². The van der Waals surface area contributed by atoms with Crippen LogP contribution in [0.5, 0.6) is 0 Å². The van der Waals surface area contributed by atoms with Crippen molar-refractivity contribution in [3.8, 4) is 0 Å². The van der Waals surface area contributed by atoms with Crippen LogP contribution >= 0.6 is 43.5 Å². The molecule has 0 fully saturated rings. The minimum atomic E-state index is -3.73. The van der Waals surface area contributed by atoms with Crippen LogP contribution in [0.15, 0.2) is 50.2 Å². The summed E-state index contributed by atoms with van der Waals surface area (Å²) in [7, 11) is -3.73. The molecule has 8 heteroatoms. The molecule has 2 aromatic rings. The molecule has 0 aliphatic heterocycles. The molecule has 4 nitrogen and oxygen atoms in total. The third-order valence-electron chi connectivity index (χ3n) is 2.47. The minimum absolute atomic E-state index is 0.0741. The van der Waals surface area contributed by atoms with Crippen LogP contribution in [0, 0.1) is 0 Å². The van der Waals surface area contributed by atoms with Gasteiger partial charge in [0, 0.05) is 10.2 Å². The number of anilines is 2. The van der Waals surface area contributed by atoms with Gasteiger partial charge in [0.25, 0.3) is 10.0 Å². The number of halogens is 3. The molecule has 0 heterocycles. The number of nitrogen functional groups attached to an aromatic ring is 1. The topological polar surface area (TPSA) is 72.2 Å². The second-order valence-electron chi connectivity index (χ2n) is 3.89. The molecule has 106 valence electrons. The van der Waals surface area contributed by atoms with Gasteiger partial charge >= 0.3 is 0 Å². The van der Waals surface area contributed by atoms with E-state index in [9.17, 15) is 8.42 Å². The first kappa shape index (κ1) is 15.6. The van der Waals surface area contributed by atoms with E-state index in [1.165, 1.54) is 12.1 Å². The van der Waals surface area contributed by atoms with E-state index in [0.29, 0.717) is 25.3 Å². The normalized spacial score (nSPS) is 11.3. The van der Waals surface area contributed by atoms with Crippen LogP contribution in [0.25, 0.3) is 0 Å². The van der Waals surface area contributed by atoms with Crippen molar-refractivity contribution in [3.05, 3.63) is 50.4 Å². The molecule has 0 aliphatic rings. The van der Waals surface area contributed by atoms with Crippen molar-refractivity contribution in [3.63, 3.8) is 0 Å². The third-order valence-corrected chi connectivity index (χ3v) is 5.96. The maximum atomic E-state index is 12.3. The first-order valence-corrected chi connectivity index (χ1v) is 8.78. The molecule has 0 bridgehead atoms. The van der Waals surface area contributed by atoms with Crippen LogP contribution < -0.4 is 10.5 Å². The molecule has 0 atom stereocenters. The Morgan fingerprint density at radius 1 is 1.15 bits per heavy atom. The van der Waals surface area contributed by atoms with Gasteiger partial charge in [0.2, 0.25) is 0 Å². The van der Waals surface area contributed by atoms with Gasteiger partial charge in [-0.05, 0) is 62.2 Å². The predicted octanol–water partition coefficient (Wildman–Crippen LogP) is 4.25. The van der Waals surface area contributed by atoms with Gasteiger partial charge in [0.1, 0.15) is 0 Å². The standard InChI is InChI=1S/C12H9Br2ClN2O2S/c13-8-5-4-7(6-10(8)16)20(18,19)17-11-3-1-2-9(15)12(11)14/h1-6,17H,16H2. The molecule has 3 N–H and O–H groups in total. The highest BCUT2D eigenvalue weighted by Crippen LogP contribution is 2.32. The van der Waals surface area contributed by atoms with Gasteiger partial charge in [-0.1, -0.05) is 17.7 Å². The highest BCUT2D eigenvalue weighted by atomic mass is 79.9. The number of hydrogen-bond donors (Lipinski definition) is 2. The molecule has 0 unspecified atom stereocenters. The van der Waals surface area contributed by atoms with E-state index in [-0.39, 0.29) is 4.90 Å². The van der Waals surface area contributed by atoms with Gasteiger partial charge in [-0.2, -0.15) is 0 Å². The summed E-state index contributed by atoms with van der Waals surface area (Å²) in [6.07, 6.45) is 0. The number of sulfonamides is 1. The Hall–Kier alpha value is -0.760. The van der Waals surface area contributed by atoms with Crippen molar-refractivity contribution in [1.82, 2.24) is 0 Å². The first-order chi connectivity index (χ1) is 9.31. The molecular formula is C12H9Br2ClN2O2S. The van der Waals surface area contributed by atoms with Gasteiger partial charge < -0.3 is 5.73 Å². The van der Waals surface area contributed by atoms with Crippen LogP contribution in [-0.2, 0) is 10.0 Å². The predicted molar refractivity (Wildman–Crippen MR) is 88.5 cm³/mol. The molecule has 0 aliphatic carbocycles. The first-order valence-electron chi connectivity index (χ1n) is 5.33. The lowest BCUT2D eigenvalue weighted by atomic mass is 10.3. The Morgan fingerprint density at radius 3 is 2.50 bits per heavy atom. The van der Waals surface area contributed by atoms with E-state index in [1.807, 2.05) is 0 Å². The monoisotopic (exact) mass is 438 g/mol. The van der Waals surface area contributed by atoms with Crippen molar-refractivity contribution >= 4 is 64.9 Å². The second kappa shape index (κ2) is 5.93. The average Bonchev–Trinajstić information content (AvgIpc) is 2.38. The molecule has 0 spiro atoms. The zero-order valence-corrected chi connectivity index (χ0v) is 14.6.